The smallest absolute Gasteiger partial charge is 0.398 e. The van der Waals surface area contributed by atoms with Crippen molar-refractivity contribution in [1.29, 1.82) is 0 Å². The minimum Gasteiger partial charge on any atom is -0.398 e. The number of nitrogens with two attached hydrogens (primary N) is 2. The quantitative estimate of drug-likeness (QED) is 0.181. The van der Waals surface area contributed by atoms with E-state index in [1.807, 2.05) is 0 Å². The average Bonchev–Trinajstić information content (AvgIpc) is 2.50. The lowest BCUT2D eigenvalue weighted by Gasteiger charge is -2.42. The molecule has 0 aliphatic heterocycles. The summed E-state index contributed by atoms with van der Waals surface area (Å²) in [4.78, 5) is 0. The molecule has 2 rings (SSSR count). The van der Waals surface area contributed by atoms with Crippen LogP contribution in [0.4, 0.5) is 37.7 Å². The first-order valence-electron chi connectivity index (χ1n) is 7.83. The molecule has 0 aliphatic rings. The van der Waals surface area contributed by atoms with Gasteiger partial charge in [0, 0.05) is 22.5 Å². The molecular formula is C17H10Br6F6N2. The van der Waals surface area contributed by atoms with Gasteiger partial charge in [0.25, 0.3) is 0 Å². The molecule has 4 N–H and O–H groups in total. The summed E-state index contributed by atoms with van der Waals surface area (Å²) in [5.74, 6) is 0. The maximum atomic E-state index is 14.7. The van der Waals surface area contributed by atoms with Crippen molar-refractivity contribution in [2.24, 2.45) is 0 Å². The molecule has 0 aromatic heterocycles. The number of hydrogen-bond donors (Lipinski definition) is 2. The second kappa shape index (κ2) is 8.94. The van der Waals surface area contributed by atoms with E-state index in [1.54, 1.807) is 0 Å². The third-order valence-corrected chi connectivity index (χ3v) is 6.80. The summed E-state index contributed by atoms with van der Waals surface area (Å²) in [7, 11) is 0. The van der Waals surface area contributed by atoms with Crippen molar-refractivity contribution in [2.45, 2.75) is 22.1 Å². The minimum atomic E-state index is -5.85. The Balaban J connectivity index is 3.29. The second-order valence-electron chi connectivity index (χ2n) is 6.28. The molecule has 31 heavy (non-hydrogen) atoms. The van der Waals surface area contributed by atoms with E-state index in [2.05, 4.69) is 95.6 Å². The van der Waals surface area contributed by atoms with Crippen LogP contribution in [-0.2, 0) is 9.70 Å². The van der Waals surface area contributed by atoms with E-state index in [0.717, 1.165) is 24.3 Å². The van der Waals surface area contributed by atoms with Crippen molar-refractivity contribution in [3.8, 4) is 0 Å². The fourth-order valence-corrected chi connectivity index (χ4v) is 5.97. The average molecular weight is 836 g/mol. The Labute approximate surface area is 223 Å². The molecule has 0 amide bonds. The maximum Gasteiger partial charge on any atom is 0.411 e. The Bertz CT molecular complexity index is 900. The van der Waals surface area contributed by atoms with Gasteiger partial charge in [0.05, 0.1) is 0 Å². The Morgan fingerprint density at radius 2 is 0.839 bits per heavy atom. The zero-order chi connectivity index (χ0) is 24.2. The van der Waals surface area contributed by atoms with Crippen molar-refractivity contribution in [1.82, 2.24) is 0 Å². The largest absolute Gasteiger partial charge is 0.411 e. The van der Waals surface area contributed by atoms with Crippen LogP contribution in [-0.4, -0.2) is 12.4 Å². The van der Waals surface area contributed by atoms with Crippen LogP contribution in [0, 0.1) is 0 Å². The maximum absolute atomic E-state index is 14.7. The highest BCUT2D eigenvalue weighted by Crippen LogP contribution is 2.63. The van der Waals surface area contributed by atoms with Crippen molar-refractivity contribution in [3.05, 3.63) is 58.7 Å². The number of halogens is 12. The predicted octanol–water partition coefficient (Wildman–Crippen LogP) is 8.85. The summed E-state index contributed by atoms with van der Waals surface area (Å²) in [6.45, 7) is 0. The van der Waals surface area contributed by atoms with E-state index >= 15 is 0 Å². The Hall–Kier alpha value is 0.500. The van der Waals surface area contributed by atoms with E-state index in [4.69, 9.17) is 11.5 Å². The molecule has 0 saturated heterocycles. The molecule has 2 aromatic rings. The summed E-state index contributed by atoms with van der Waals surface area (Å²) >= 11 is 18.2. The molecule has 0 radical (unpaired) electrons. The molecular weight excluding hydrogens is 826 g/mol. The van der Waals surface area contributed by atoms with Crippen molar-refractivity contribution in [2.75, 3.05) is 11.5 Å². The molecule has 0 bridgehead atoms. The highest BCUT2D eigenvalue weighted by molar-refractivity contribution is 9.39. The van der Waals surface area contributed by atoms with Crippen LogP contribution in [0.1, 0.15) is 22.3 Å². The highest BCUT2D eigenvalue weighted by atomic mass is 80.0. The molecule has 0 atom stereocenters. The van der Waals surface area contributed by atoms with Crippen LogP contribution in [0.15, 0.2) is 36.4 Å². The van der Waals surface area contributed by atoms with Gasteiger partial charge in [-0.1, -0.05) is 120 Å². The number of nitrogen functional groups attached to an aromatic ring is 2. The first-order chi connectivity index (χ1) is 13.8. The van der Waals surface area contributed by atoms with E-state index in [9.17, 15) is 26.3 Å². The fraction of sp³-hybridized carbons (Fsp3) is 0.294. The zero-order valence-corrected chi connectivity index (χ0v) is 24.2. The van der Waals surface area contributed by atoms with Crippen LogP contribution in [0.2, 0.25) is 0 Å². The van der Waals surface area contributed by atoms with Crippen molar-refractivity contribution >= 4 is 107 Å². The molecule has 0 aliphatic carbocycles. The number of benzene rings is 2. The van der Waals surface area contributed by atoms with Crippen molar-refractivity contribution < 1.29 is 26.3 Å². The zero-order valence-electron chi connectivity index (χ0n) is 14.7. The van der Waals surface area contributed by atoms with E-state index in [0.29, 0.717) is 0 Å². The van der Waals surface area contributed by atoms with Gasteiger partial charge in [0.2, 0.25) is 5.41 Å². The molecule has 2 aromatic carbocycles. The van der Waals surface area contributed by atoms with Gasteiger partial charge in [-0.15, -0.1) is 0 Å². The Morgan fingerprint density at radius 3 is 1.06 bits per heavy atom. The van der Waals surface area contributed by atoms with Gasteiger partial charge in [-0.25, -0.2) is 0 Å². The van der Waals surface area contributed by atoms with Gasteiger partial charge < -0.3 is 11.5 Å². The number of hydrogen-bond acceptors (Lipinski definition) is 2. The Morgan fingerprint density at radius 1 is 0.548 bits per heavy atom. The Kier molecular flexibility index (Phi) is 8.00. The second-order valence-corrected chi connectivity index (χ2v) is 19.8. The van der Waals surface area contributed by atoms with Gasteiger partial charge in [-0.05, 0) is 23.3 Å². The van der Waals surface area contributed by atoms with Gasteiger partial charge in [-0.2, -0.15) is 26.3 Å². The van der Waals surface area contributed by atoms with Gasteiger partial charge in [0.15, 0.2) is 4.29 Å². The first kappa shape index (κ1) is 27.7. The summed E-state index contributed by atoms with van der Waals surface area (Å²) in [5.41, 5.74) is 3.30. The highest BCUT2D eigenvalue weighted by Gasteiger charge is 2.74. The first-order valence-corrected chi connectivity index (χ1v) is 12.6. The molecule has 172 valence electrons. The lowest BCUT2D eigenvalue weighted by Crippen LogP contribution is -2.56. The summed E-state index contributed by atoms with van der Waals surface area (Å²) < 4.78 is 85.1. The van der Waals surface area contributed by atoms with E-state index in [1.165, 1.54) is 12.1 Å². The number of anilines is 2. The molecule has 0 unspecified atom stereocenters. The van der Waals surface area contributed by atoms with Crippen LogP contribution >= 0.6 is 95.6 Å². The molecule has 0 spiro atoms. The number of rotatable bonds is 2. The fourth-order valence-electron chi connectivity index (χ4n) is 3.31. The third-order valence-electron chi connectivity index (χ3n) is 4.42. The summed E-state index contributed by atoms with van der Waals surface area (Å²) in [6.07, 6.45) is -11.7. The molecule has 2 nitrogen and oxygen atoms in total. The van der Waals surface area contributed by atoms with Gasteiger partial charge in [0.1, 0.15) is 0 Å². The standard InChI is InChI=1S/C17H10Br6F6N2/c18-14(19,20)11-7(3-1-5-9(11)30)13(16(24,25)26,17(27,28)29)8-4-2-6-10(31)12(8)15(21,22)23/h1-6H,30-31H2. The summed E-state index contributed by atoms with van der Waals surface area (Å²) in [5, 5.41) is 0. The molecule has 14 heteroatoms. The van der Waals surface area contributed by atoms with Crippen LogP contribution in [0.5, 0.6) is 0 Å². The molecule has 0 saturated carbocycles. The van der Waals surface area contributed by atoms with E-state index < -0.39 is 44.3 Å². The van der Waals surface area contributed by atoms with E-state index in [-0.39, 0.29) is 11.4 Å². The monoisotopic (exact) mass is 830 g/mol. The lowest BCUT2D eigenvalue weighted by molar-refractivity contribution is -0.289. The minimum absolute atomic E-state index is 0.311. The topological polar surface area (TPSA) is 52.0 Å². The van der Waals surface area contributed by atoms with Crippen LogP contribution < -0.4 is 11.5 Å². The van der Waals surface area contributed by atoms with Gasteiger partial charge in [-0.3, -0.25) is 0 Å². The predicted molar refractivity (Wildman–Crippen MR) is 132 cm³/mol. The SMILES string of the molecule is Nc1cccc(C(c2cccc(N)c2C(Br)(Br)Br)(C(F)(F)F)C(F)(F)F)c1C(Br)(Br)Br. The van der Waals surface area contributed by atoms with Crippen LogP contribution in [0.3, 0.4) is 0 Å². The lowest BCUT2D eigenvalue weighted by atomic mass is 9.69. The normalized spacial score (nSPS) is 14.1. The molecule has 0 fully saturated rings. The van der Waals surface area contributed by atoms with Crippen LogP contribution in [0.25, 0.3) is 0 Å². The van der Waals surface area contributed by atoms with Crippen molar-refractivity contribution in [3.63, 3.8) is 0 Å². The molecule has 0 heterocycles. The summed E-state index contributed by atoms with van der Waals surface area (Å²) in [6, 6.07) is 5.90. The van der Waals surface area contributed by atoms with Gasteiger partial charge >= 0.3 is 12.4 Å². The number of alkyl halides is 12. The third kappa shape index (κ3) is 4.98.